The van der Waals surface area contributed by atoms with Crippen molar-refractivity contribution in [2.45, 2.75) is 63.6 Å². The number of halogens is 2. The fourth-order valence-corrected chi connectivity index (χ4v) is 5.81. The molecular weight excluding hydrogens is 534 g/mol. The van der Waals surface area contributed by atoms with Crippen LogP contribution in [0.25, 0.3) is 11.1 Å². The number of hydrogen-bond donors (Lipinski definition) is 2. The molecule has 2 aromatic carbocycles. The lowest BCUT2D eigenvalue weighted by Gasteiger charge is -2.30. The topological polar surface area (TPSA) is 108 Å². The molecule has 1 atom stereocenters. The quantitative estimate of drug-likeness (QED) is 0.347. The van der Waals surface area contributed by atoms with E-state index in [9.17, 15) is 19.1 Å². The number of aromatic nitrogens is 1. The van der Waals surface area contributed by atoms with Gasteiger partial charge >= 0.3 is 5.97 Å². The van der Waals surface area contributed by atoms with Crippen LogP contribution in [0, 0.1) is 17.6 Å². The van der Waals surface area contributed by atoms with Gasteiger partial charge in [0.1, 0.15) is 11.3 Å². The van der Waals surface area contributed by atoms with Gasteiger partial charge in [-0.3, -0.25) is 9.59 Å². The Balaban J connectivity index is 1.30. The van der Waals surface area contributed by atoms with E-state index in [0.717, 1.165) is 12.8 Å². The maximum Gasteiger partial charge on any atom is 0.306 e. The molecule has 9 nitrogen and oxygen atoms in total. The Labute approximate surface area is 237 Å². The lowest BCUT2D eigenvalue weighted by atomic mass is 9.87. The van der Waals surface area contributed by atoms with Crippen LogP contribution in [0.2, 0.25) is 0 Å². The van der Waals surface area contributed by atoms with E-state index < -0.39 is 11.8 Å². The van der Waals surface area contributed by atoms with Gasteiger partial charge in [0.15, 0.2) is 11.4 Å². The minimum absolute atomic E-state index is 0.00105. The predicted molar refractivity (Wildman–Crippen MR) is 149 cm³/mol. The highest BCUT2D eigenvalue weighted by molar-refractivity contribution is 5.84. The summed E-state index contributed by atoms with van der Waals surface area (Å²) in [5, 5.41) is 12.1. The number of likely N-dealkylation sites (tertiary alicyclic amines) is 1. The number of carboxylic acids is 1. The van der Waals surface area contributed by atoms with Crippen LogP contribution in [-0.2, 0) is 27.3 Å². The Morgan fingerprint density at radius 1 is 1.15 bits per heavy atom. The molecule has 2 fully saturated rings. The summed E-state index contributed by atoms with van der Waals surface area (Å²) in [6.45, 7) is 1.38. The highest BCUT2D eigenvalue weighted by Gasteiger charge is 2.32. The molecule has 5 rings (SSSR count). The molecule has 1 saturated carbocycles. The maximum atomic E-state index is 15.9. The molecule has 1 aliphatic carbocycles. The average Bonchev–Trinajstić information content (AvgIpc) is 3.58. The molecule has 11 heteroatoms. The molecule has 1 aromatic heterocycles. The molecule has 2 N–H and O–H groups in total. The first kappa shape index (κ1) is 28.9. The Morgan fingerprint density at radius 2 is 1.88 bits per heavy atom. The van der Waals surface area contributed by atoms with Gasteiger partial charge in [0.05, 0.1) is 31.1 Å². The standard InChI is InChI=1S/C30H36F2N4O5/c1-35(2)16-19-14-25-28(41-30(34-25)33-21-9-7-20(31)8-10-21)27(32)24(19)15-26(37)36-13-3-4-22(36)17-40-23-11-5-18(6-12-23)29(38)39/h7-10,14,18,22-23H,3-6,11-13,15-17H2,1-2H3,(H,33,34)(H,38,39). The summed E-state index contributed by atoms with van der Waals surface area (Å²) in [7, 11) is 3.74. The van der Waals surface area contributed by atoms with E-state index in [-0.39, 0.29) is 53.4 Å². The zero-order valence-corrected chi connectivity index (χ0v) is 23.4. The van der Waals surface area contributed by atoms with Crippen molar-refractivity contribution in [3.8, 4) is 0 Å². The third-order valence-electron chi connectivity index (χ3n) is 7.97. The third kappa shape index (κ3) is 6.84. The number of nitrogens with zero attached hydrogens (tertiary/aromatic N) is 3. The monoisotopic (exact) mass is 570 g/mol. The van der Waals surface area contributed by atoms with Crippen molar-refractivity contribution in [3.63, 3.8) is 0 Å². The molecule has 1 amide bonds. The third-order valence-corrected chi connectivity index (χ3v) is 7.97. The number of carbonyl (C=O) groups excluding carboxylic acids is 1. The first-order valence-electron chi connectivity index (χ1n) is 14.1. The second-order valence-corrected chi connectivity index (χ2v) is 11.3. The van der Waals surface area contributed by atoms with Gasteiger partial charge in [0, 0.05) is 24.3 Å². The number of amides is 1. The summed E-state index contributed by atoms with van der Waals surface area (Å²) in [5.74, 6) is -2.22. The molecule has 0 bridgehead atoms. The van der Waals surface area contributed by atoms with Crippen molar-refractivity contribution < 1.29 is 32.6 Å². The summed E-state index contributed by atoms with van der Waals surface area (Å²) < 4.78 is 41.0. The van der Waals surface area contributed by atoms with Crippen LogP contribution in [0.1, 0.15) is 49.7 Å². The lowest BCUT2D eigenvalue weighted by molar-refractivity contribution is -0.144. The van der Waals surface area contributed by atoms with Crippen LogP contribution in [0.4, 0.5) is 20.5 Å². The van der Waals surface area contributed by atoms with Crippen LogP contribution < -0.4 is 5.32 Å². The largest absolute Gasteiger partial charge is 0.481 e. The number of hydrogen-bond acceptors (Lipinski definition) is 7. The van der Waals surface area contributed by atoms with Crippen molar-refractivity contribution in [3.05, 3.63) is 53.1 Å². The van der Waals surface area contributed by atoms with Crippen LogP contribution in [0.3, 0.4) is 0 Å². The van der Waals surface area contributed by atoms with Gasteiger partial charge in [-0.2, -0.15) is 4.98 Å². The zero-order valence-electron chi connectivity index (χ0n) is 23.4. The smallest absolute Gasteiger partial charge is 0.306 e. The van der Waals surface area contributed by atoms with E-state index in [1.807, 2.05) is 19.0 Å². The molecule has 2 heterocycles. The van der Waals surface area contributed by atoms with Crippen LogP contribution >= 0.6 is 0 Å². The Hall–Kier alpha value is -3.57. The van der Waals surface area contributed by atoms with Crippen molar-refractivity contribution in [1.82, 2.24) is 14.8 Å². The summed E-state index contributed by atoms with van der Waals surface area (Å²) in [4.78, 5) is 32.8. The highest BCUT2D eigenvalue weighted by Crippen LogP contribution is 2.31. The maximum absolute atomic E-state index is 15.9. The van der Waals surface area contributed by atoms with Crippen molar-refractivity contribution in [1.29, 1.82) is 0 Å². The van der Waals surface area contributed by atoms with Crippen LogP contribution in [0.5, 0.6) is 0 Å². The normalized spacial score (nSPS) is 21.1. The highest BCUT2D eigenvalue weighted by atomic mass is 19.1. The Morgan fingerprint density at radius 3 is 2.56 bits per heavy atom. The predicted octanol–water partition coefficient (Wildman–Crippen LogP) is 5.10. The second-order valence-electron chi connectivity index (χ2n) is 11.3. The van der Waals surface area contributed by atoms with E-state index in [4.69, 9.17) is 9.15 Å². The number of nitrogens with one attached hydrogen (secondary N) is 1. The lowest BCUT2D eigenvalue weighted by Crippen LogP contribution is -2.40. The molecule has 0 spiro atoms. The molecule has 1 unspecified atom stereocenters. The fourth-order valence-electron chi connectivity index (χ4n) is 5.81. The molecule has 2 aliphatic rings. The SMILES string of the molecule is CN(C)Cc1cc2nc(Nc3ccc(F)cc3)oc2c(F)c1CC(=O)N1CCCC1COC1CCC(C(=O)O)CC1. The average molecular weight is 571 g/mol. The fraction of sp³-hybridized carbons (Fsp3) is 0.500. The van der Waals surface area contributed by atoms with Crippen molar-refractivity contribution >= 4 is 34.7 Å². The Kier molecular flexibility index (Phi) is 8.84. The molecule has 0 radical (unpaired) electrons. The van der Waals surface area contributed by atoms with E-state index >= 15 is 4.39 Å². The van der Waals surface area contributed by atoms with Gasteiger partial charge in [-0.1, -0.05) is 0 Å². The molecule has 220 valence electrons. The second kappa shape index (κ2) is 12.5. The van der Waals surface area contributed by atoms with E-state index in [2.05, 4.69) is 10.3 Å². The zero-order chi connectivity index (χ0) is 29.1. The van der Waals surface area contributed by atoms with Gasteiger partial charge in [-0.25, -0.2) is 8.78 Å². The van der Waals surface area contributed by atoms with Gasteiger partial charge in [0.25, 0.3) is 6.01 Å². The van der Waals surface area contributed by atoms with Crippen molar-refractivity contribution in [2.24, 2.45) is 5.92 Å². The molecular formula is C30H36F2N4O5. The Bertz CT molecular complexity index is 1390. The molecule has 3 aromatic rings. The van der Waals surface area contributed by atoms with Crippen LogP contribution in [-0.4, -0.2) is 71.2 Å². The van der Waals surface area contributed by atoms with Crippen LogP contribution in [0.15, 0.2) is 34.7 Å². The number of aliphatic carboxylic acids is 1. The molecule has 41 heavy (non-hydrogen) atoms. The minimum atomic E-state index is -0.749. The number of oxazole rings is 1. The number of ether oxygens (including phenoxy) is 1. The number of rotatable bonds is 10. The number of benzene rings is 2. The van der Waals surface area contributed by atoms with Crippen molar-refractivity contribution in [2.75, 3.05) is 32.6 Å². The number of anilines is 2. The molecule has 1 aliphatic heterocycles. The van der Waals surface area contributed by atoms with E-state index in [1.165, 1.54) is 24.3 Å². The van der Waals surface area contributed by atoms with Gasteiger partial charge in [-0.15, -0.1) is 0 Å². The number of carbonyl (C=O) groups is 2. The number of carboxylic acid groups (broad SMARTS) is 1. The summed E-state index contributed by atoms with van der Waals surface area (Å²) in [5.41, 5.74) is 1.75. The summed E-state index contributed by atoms with van der Waals surface area (Å²) in [6.07, 6.45) is 4.14. The van der Waals surface area contributed by atoms with E-state index in [0.29, 0.717) is 62.1 Å². The molecule has 1 saturated heterocycles. The minimum Gasteiger partial charge on any atom is -0.481 e. The van der Waals surface area contributed by atoms with Gasteiger partial charge < -0.3 is 29.4 Å². The number of fused-ring (bicyclic) bond motifs is 1. The van der Waals surface area contributed by atoms with Gasteiger partial charge in [-0.05, 0) is 88.5 Å². The first-order chi connectivity index (χ1) is 19.7. The summed E-state index contributed by atoms with van der Waals surface area (Å²) in [6, 6.07) is 7.37. The van der Waals surface area contributed by atoms with Gasteiger partial charge in [0.2, 0.25) is 5.91 Å². The van der Waals surface area contributed by atoms with E-state index in [1.54, 1.807) is 11.0 Å². The first-order valence-corrected chi connectivity index (χ1v) is 14.1. The summed E-state index contributed by atoms with van der Waals surface area (Å²) >= 11 is 0.